The molecule has 86 valence electrons. The van der Waals surface area contributed by atoms with Crippen LogP contribution in [0.5, 0.6) is 0 Å². The summed E-state index contributed by atoms with van der Waals surface area (Å²) in [5.74, 6) is 0.753. The molecule has 2 heterocycles. The molecular formula is C9H17ClN4O. The summed E-state index contributed by atoms with van der Waals surface area (Å²) in [6, 6.07) is 0. The molecule has 0 aliphatic carbocycles. The lowest BCUT2D eigenvalue weighted by atomic mass is 10.2. The Hall–Kier alpha value is -0.940. The average molecular weight is 233 g/mol. The van der Waals surface area contributed by atoms with Crippen molar-refractivity contribution in [3.8, 4) is 0 Å². The van der Waals surface area contributed by atoms with Crippen LogP contribution < -0.4 is 11.1 Å². The summed E-state index contributed by atoms with van der Waals surface area (Å²) in [5, 5.41) is 7.39. The van der Waals surface area contributed by atoms with Crippen molar-refractivity contribution >= 4 is 23.9 Å². The number of ether oxygens (including phenoxy) is 1. The zero-order chi connectivity index (χ0) is 9.97. The van der Waals surface area contributed by atoms with Gasteiger partial charge in [-0.1, -0.05) is 0 Å². The van der Waals surface area contributed by atoms with E-state index in [2.05, 4.69) is 10.4 Å². The predicted octanol–water partition coefficient (Wildman–Crippen LogP) is 1.01. The number of nitrogens with zero attached hydrogens (tertiary/aromatic N) is 2. The molecule has 1 unspecified atom stereocenters. The van der Waals surface area contributed by atoms with E-state index in [1.807, 2.05) is 7.05 Å². The van der Waals surface area contributed by atoms with E-state index >= 15 is 0 Å². The van der Waals surface area contributed by atoms with E-state index in [0.29, 0.717) is 11.8 Å². The fraction of sp³-hybridized carbons (Fsp3) is 0.667. The summed E-state index contributed by atoms with van der Waals surface area (Å²) < 4.78 is 7.18. The minimum Gasteiger partial charge on any atom is -0.394 e. The molecule has 1 aromatic heterocycles. The van der Waals surface area contributed by atoms with Gasteiger partial charge in [0.25, 0.3) is 0 Å². The van der Waals surface area contributed by atoms with Crippen LogP contribution >= 0.6 is 12.4 Å². The number of nitrogens with one attached hydrogen (secondary N) is 1. The molecular weight excluding hydrogens is 216 g/mol. The maximum absolute atomic E-state index is 5.74. The molecule has 3 N–H and O–H groups in total. The first-order valence-electron chi connectivity index (χ1n) is 4.90. The second-order valence-corrected chi connectivity index (χ2v) is 3.62. The number of halogens is 1. The third-order valence-electron chi connectivity index (χ3n) is 2.38. The quantitative estimate of drug-likeness (QED) is 0.817. The fourth-order valence-electron chi connectivity index (χ4n) is 1.66. The zero-order valence-corrected chi connectivity index (χ0v) is 9.59. The lowest BCUT2D eigenvalue weighted by molar-refractivity contribution is 0.120. The molecule has 2 rings (SSSR count). The number of hydrogen-bond donors (Lipinski definition) is 2. The summed E-state index contributed by atoms with van der Waals surface area (Å²) >= 11 is 0. The number of rotatable bonds is 3. The van der Waals surface area contributed by atoms with Crippen molar-refractivity contribution in [3.05, 3.63) is 6.20 Å². The van der Waals surface area contributed by atoms with Crippen LogP contribution in [0.2, 0.25) is 0 Å². The van der Waals surface area contributed by atoms with Crippen LogP contribution in [0.1, 0.15) is 12.8 Å². The first-order valence-corrected chi connectivity index (χ1v) is 4.90. The third kappa shape index (κ3) is 3.00. The van der Waals surface area contributed by atoms with Crippen LogP contribution in [0.25, 0.3) is 0 Å². The Labute approximate surface area is 95.4 Å². The largest absolute Gasteiger partial charge is 0.394 e. The van der Waals surface area contributed by atoms with Gasteiger partial charge >= 0.3 is 0 Å². The molecule has 0 amide bonds. The first-order chi connectivity index (χ1) is 6.75. The molecule has 0 spiro atoms. The highest BCUT2D eigenvalue weighted by Crippen LogP contribution is 2.17. The van der Waals surface area contributed by atoms with Crippen LogP contribution in [-0.2, 0) is 11.8 Å². The van der Waals surface area contributed by atoms with Gasteiger partial charge in [-0.2, -0.15) is 5.10 Å². The Morgan fingerprint density at radius 3 is 3.07 bits per heavy atom. The Morgan fingerprint density at radius 2 is 2.53 bits per heavy atom. The van der Waals surface area contributed by atoms with E-state index in [-0.39, 0.29) is 12.4 Å². The molecule has 1 aromatic rings. The standard InChI is InChI=1S/C9H16N4O.ClH/c1-13-6-8(10)9(12-13)11-5-7-3-2-4-14-7;/h6-7H,2-5,10H2,1H3,(H,11,12);1H. The van der Waals surface area contributed by atoms with Crippen molar-refractivity contribution in [1.29, 1.82) is 0 Å². The van der Waals surface area contributed by atoms with E-state index in [9.17, 15) is 0 Å². The first kappa shape index (κ1) is 12.1. The molecule has 0 bridgehead atoms. The molecule has 1 aliphatic rings. The van der Waals surface area contributed by atoms with Crippen molar-refractivity contribution in [2.75, 3.05) is 24.2 Å². The molecule has 5 nitrogen and oxygen atoms in total. The van der Waals surface area contributed by atoms with Crippen LogP contribution in [0.15, 0.2) is 6.20 Å². The van der Waals surface area contributed by atoms with Gasteiger partial charge in [0.15, 0.2) is 5.82 Å². The van der Waals surface area contributed by atoms with Crippen LogP contribution in [-0.4, -0.2) is 29.0 Å². The van der Waals surface area contributed by atoms with Gasteiger partial charge in [0.1, 0.15) is 0 Å². The van der Waals surface area contributed by atoms with Gasteiger partial charge in [0.2, 0.25) is 0 Å². The molecule has 1 fully saturated rings. The second kappa shape index (κ2) is 5.23. The average Bonchev–Trinajstić information content (AvgIpc) is 2.72. The van der Waals surface area contributed by atoms with Crippen LogP contribution in [0, 0.1) is 0 Å². The van der Waals surface area contributed by atoms with E-state index in [1.54, 1.807) is 10.9 Å². The van der Waals surface area contributed by atoms with E-state index in [0.717, 1.165) is 31.8 Å². The number of anilines is 2. The zero-order valence-electron chi connectivity index (χ0n) is 8.77. The van der Waals surface area contributed by atoms with E-state index < -0.39 is 0 Å². The third-order valence-corrected chi connectivity index (χ3v) is 2.38. The molecule has 0 radical (unpaired) electrons. The minimum atomic E-state index is 0. The van der Waals surface area contributed by atoms with E-state index in [4.69, 9.17) is 10.5 Å². The Bertz CT molecular complexity index is 309. The Balaban J connectivity index is 0.00000112. The van der Waals surface area contributed by atoms with Crippen molar-refractivity contribution in [1.82, 2.24) is 9.78 Å². The van der Waals surface area contributed by atoms with Crippen LogP contribution in [0.4, 0.5) is 11.5 Å². The minimum absolute atomic E-state index is 0. The lowest BCUT2D eigenvalue weighted by Crippen LogP contribution is -2.19. The van der Waals surface area contributed by atoms with Crippen LogP contribution in [0.3, 0.4) is 0 Å². The summed E-state index contributed by atoms with van der Waals surface area (Å²) in [7, 11) is 1.85. The SMILES string of the molecule is Cl.Cn1cc(N)c(NCC2CCCO2)n1. The van der Waals surface area contributed by atoms with Gasteiger partial charge in [-0.15, -0.1) is 12.4 Å². The maximum atomic E-state index is 5.74. The summed E-state index contributed by atoms with van der Waals surface area (Å²) in [5.41, 5.74) is 6.43. The second-order valence-electron chi connectivity index (χ2n) is 3.62. The van der Waals surface area contributed by atoms with Gasteiger partial charge in [-0.3, -0.25) is 4.68 Å². The summed E-state index contributed by atoms with van der Waals surface area (Å²) in [4.78, 5) is 0. The predicted molar refractivity (Wildman–Crippen MR) is 62.3 cm³/mol. The number of hydrogen-bond acceptors (Lipinski definition) is 4. The number of nitrogen functional groups attached to an aromatic ring is 1. The summed E-state index contributed by atoms with van der Waals surface area (Å²) in [6.07, 6.45) is 4.39. The molecule has 0 aromatic carbocycles. The highest BCUT2D eigenvalue weighted by atomic mass is 35.5. The van der Waals surface area contributed by atoms with Crippen molar-refractivity contribution in [2.45, 2.75) is 18.9 Å². The number of aromatic nitrogens is 2. The molecule has 1 atom stereocenters. The van der Waals surface area contributed by atoms with Gasteiger partial charge in [0, 0.05) is 26.4 Å². The van der Waals surface area contributed by atoms with E-state index in [1.165, 1.54) is 0 Å². The molecule has 1 saturated heterocycles. The molecule has 15 heavy (non-hydrogen) atoms. The molecule has 6 heteroatoms. The highest BCUT2D eigenvalue weighted by molar-refractivity contribution is 5.85. The Kier molecular flexibility index (Phi) is 4.23. The number of nitrogens with two attached hydrogens (primary N) is 1. The maximum Gasteiger partial charge on any atom is 0.171 e. The monoisotopic (exact) mass is 232 g/mol. The molecule has 1 aliphatic heterocycles. The topological polar surface area (TPSA) is 65.1 Å². The number of aryl methyl sites for hydroxylation is 1. The smallest absolute Gasteiger partial charge is 0.171 e. The van der Waals surface area contributed by atoms with Crippen molar-refractivity contribution in [2.24, 2.45) is 7.05 Å². The fourth-order valence-corrected chi connectivity index (χ4v) is 1.66. The molecule has 0 saturated carbocycles. The summed E-state index contributed by atoms with van der Waals surface area (Å²) in [6.45, 7) is 1.67. The van der Waals surface area contributed by atoms with Crippen molar-refractivity contribution < 1.29 is 4.74 Å². The van der Waals surface area contributed by atoms with Crippen molar-refractivity contribution in [3.63, 3.8) is 0 Å². The Morgan fingerprint density at radius 1 is 1.73 bits per heavy atom. The highest BCUT2D eigenvalue weighted by Gasteiger charge is 2.15. The lowest BCUT2D eigenvalue weighted by Gasteiger charge is -2.09. The van der Waals surface area contributed by atoms with Gasteiger partial charge in [0.05, 0.1) is 11.8 Å². The normalized spacial score (nSPS) is 19.9. The van der Waals surface area contributed by atoms with Gasteiger partial charge in [-0.25, -0.2) is 0 Å². The van der Waals surface area contributed by atoms with Gasteiger partial charge in [-0.05, 0) is 12.8 Å². The van der Waals surface area contributed by atoms with Gasteiger partial charge < -0.3 is 15.8 Å².